The van der Waals surface area contributed by atoms with E-state index in [1.807, 2.05) is 24.3 Å². The number of aliphatic hydroxyl groups is 1. The van der Waals surface area contributed by atoms with E-state index < -0.39 is 6.10 Å². The number of hydrogen-bond acceptors (Lipinski definition) is 4. The number of hydrogen-bond donors (Lipinski definition) is 2. The van der Waals surface area contributed by atoms with Crippen molar-refractivity contribution in [2.75, 3.05) is 20.3 Å². The summed E-state index contributed by atoms with van der Waals surface area (Å²) in [6.07, 6.45) is 0.204. The van der Waals surface area contributed by atoms with Crippen molar-refractivity contribution in [3.63, 3.8) is 0 Å². The Kier molecular flexibility index (Phi) is 5.22. The molecule has 1 aromatic carbocycles. The quantitative estimate of drug-likeness (QED) is 0.767. The van der Waals surface area contributed by atoms with Gasteiger partial charge in [-0.3, -0.25) is 0 Å². The molecule has 4 nitrogen and oxygen atoms in total. The monoisotopic (exact) mass is 283 g/mol. The summed E-state index contributed by atoms with van der Waals surface area (Å²) < 4.78 is 10.3. The van der Waals surface area contributed by atoms with E-state index >= 15 is 0 Å². The van der Waals surface area contributed by atoms with Crippen LogP contribution in [-0.2, 0) is 11.3 Å². The lowest BCUT2D eigenvalue weighted by Gasteiger charge is -2.09. The van der Waals surface area contributed by atoms with Gasteiger partial charge in [-0.1, -0.05) is 18.2 Å². The average Bonchev–Trinajstić information content (AvgIpc) is 2.71. The summed E-state index contributed by atoms with van der Waals surface area (Å²) in [7, 11) is 1.58. The van der Waals surface area contributed by atoms with Gasteiger partial charge in [-0.05, 0) is 30.6 Å². The maximum Gasteiger partial charge on any atom is 0.199 e. The summed E-state index contributed by atoms with van der Waals surface area (Å²) in [4.78, 5) is 0. The molecule has 0 radical (unpaired) electrons. The van der Waals surface area contributed by atoms with E-state index in [2.05, 4.69) is 5.32 Å². The van der Waals surface area contributed by atoms with E-state index in [-0.39, 0.29) is 0 Å². The van der Waals surface area contributed by atoms with Crippen molar-refractivity contribution in [3.8, 4) is 0 Å². The molecule has 0 bridgehead atoms. The number of halogens is 1. The molecule has 104 valence electrons. The minimum Gasteiger partial charge on any atom is -0.444 e. The molecule has 0 saturated carbocycles. The third-order valence-electron chi connectivity index (χ3n) is 2.96. The molecule has 0 saturated heterocycles. The minimum absolute atomic E-state index is 0.358. The SMILES string of the molecule is COCC(O)CCNCc1c(Cl)oc2ccccc12. The normalized spacial score (nSPS) is 13.0. The zero-order valence-corrected chi connectivity index (χ0v) is 11.6. The van der Waals surface area contributed by atoms with Crippen molar-refractivity contribution in [2.24, 2.45) is 0 Å². The Morgan fingerprint density at radius 1 is 1.42 bits per heavy atom. The fourth-order valence-corrected chi connectivity index (χ4v) is 2.24. The first-order valence-electron chi connectivity index (χ1n) is 6.26. The van der Waals surface area contributed by atoms with Gasteiger partial charge in [0.15, 0.2) is 5.22 Å². The molecule has 19 heavy (non-hydrogen) atoms. The van der Waals surface area contributed by atoms with Gasteiger partial charge >= 0.3 is 0 Å². The highest BCUT2D eigenvalue weighted by atomic mass is 35.5. The van der Waals surface area contributed by atoms with Crippen LogP contribution in [0.15, 0.2) is 28.7 Å². The predicted octanol–water partition coefficient (Wildman–Crippen LogP) is 2.57. The molecule has 5 heteroatoms. The number of nitrogens with one attached hydrogen (secondary N) is 1. The Balaban J connectivity index is 1.89. The molecule has 0 aliphatic rings. The number of rotatable bonds is 7. The van der Waals surface area contributed by atoms with E-state index in [0.29, 0.717) is 31.3 Å². The summed E-state index contributed by atoms with van der Waals surface area (Å²) in [6, 6.07) is 7.76. The zero-order valence-electron chi connectivity index (χ0n) is 10.9. The van der Waals surface area contributed by atoms with E-state index in [9.17, 15) is 5.11 Å². The number of para-hydroxylation sites is 1. The van der Waals surface area contributed by atoms with E-state index in [1.54, 1.807) is 7.11 Å². The largest absolute Gasteiger partial charge is 0.444 e. The Morgan fingerprint density at radius 2 is 2.21 bits per heavy atom. The van der Waals surface area contributed by atoms with E-state index in [4.69, 9.17) is 20.8 Å². The van der Waals surface area contributed by atoms with Crippen LogP contribution < -0.4 is 5.32 Å². The topological polar surface area (TPSA) is 54.6 Å². The molecule has 2 N–H and O–H groups in total. The smallest absolute Gasteiger partial charge is 0.199 e. The second kappa shape index (κ2) is 6.91. The Hall–Kier alpha value is -1.07. The van der Waals surface area contributed by atoms with Gasteiger partial charge in [-0.15, -0.1) is 0 Å². The second-order valence-corrected chi connectivity index (χ2v) is 4.77. The fraction of sp³-hybridized carbons (Fsp3) is 0.429. The highest BCUT2D eigenvalue weighted by Crippen LogP contribution is 2.29. The van der Waals surface area contributed by atoms with Gasteiger partial charge in [0, 0.05) is 24.6 Å². The van der Waals surface area contributed by atoms with Gasteiger partial charge in [-0.2, -0.15) is 0 Å². The maximum absolute atomic E-state index is 9.52. The molecule has 0 spiro atoms. The first-order valence-corrected chi connectivity index (χ1v) is 6.63. The summed E-state index contributed by atoms with van der Waals surface area (Å²) in [5.41, 5.74) is 1.75. The summed E-state index contributed by atoms with van der Waals surface area (Å²) in [6.45, 7) is 1.67. The molecule has 1 heterocycles. The minimum atomic E-state index is -0.436. The van der Waals surface area contributed by atoms with Gasteiger partial charge in [0.2, 0.25) is 0 Å². The number of furan rings is 1. The van der Waals surface area contributed by atoms with Gasteiger partial charge in [-0.25, -0.2) is 0 Å². The van der Waals surface area contributed by atoms with Crippen LogP contribution in [0, 0.1) is 0 Å². The zero-order chi connectivity index (χ0) is 13.7. The Labute approximate surface area is 117 Å². The molecular formula is C14H18ClNO3. The van der Waals surface area contributed by atoms with Crippen molar-refractivity contribution in [2.45, 2.75) is 19.1 Å². The van der Waals surface area contributed by atoms with Crippen molar-refractivity contribution in [3.05, 3.63) is 35.0 Å². The van der Waals surface area contributed by atoms with Crippen LogP contribution in [0.2, 0.25) is 5.22 Å². The number of benzene rings is 1. The Morgan fingerprint density at radius 3 is 3.00 bits per heavy atom. The molecular weight excluding hydrogens is 266 g/mol. The molecule has 1 aromatic heterocycles. The van der Waals surface area contributed by atoms with Gasteiger partial charge in [0.05, 0.1) is 12.7 Å². The molecule has 1 atom stereocenters. The molecule has 0 fully saturated rings. The number of aliphatic hydroxyl groups excluding tert-OH is 1. The summed E-state index contributed by atoms with van der Waals surface area (Å²) in [5.74, 6) is 0. The van der Waals surface area contributed by atoms with Gasteiger partial charge in [0.25, 0.3) is 0 Å². The molecule has 0 amide bonds. The summed E-state index contributed by atoms with van der Waals surface area (Å²) >= 11 is 6.08. The number of fused-ring (bicyclic) bond motifs is 1. The second-order valence-electron chi connectivity index (χ2n) is 4.43. The van der Waals surface area contributed by atoms with Crippen LogP contribution in [0.4, 0.5) is 0 Å². The van der Waals surface area contributed by atoms with Crippen LogP contribution in [0.3, 0.4) is 0 Å². The summed E-state index contributed by atoms with van der Waals surface area (Å²) in [5, 5.41) is 14.2. The van der Waals surface area contributed by atoms with Gasteiger partial charge < -0.3 is 19.6 Å². The lowest BCUT2D eigenvalue weighted by Crippen LogP contribution is -2.23. The van der Waals surface area contributed by atoms with Gasteiger partial charge in [0.1, 0.15) is 5.58 Å². The highest BCUT2D eigenvalue weighted by Gasteiger charge is 2.11. The fourth-order valence-electron chi connectivity index (χ4n) is 1.99. The molecule has 2 aromatic rings. The first-order chi connectivity index (χ1) is 9.22. The van der Waals surface area contributed by atoms with Crippen LogP contribution in [0.1, 0.15) is 12.0 Å². The Bertz CT molecular complexity index is 526. The molecule has 0 aliphatic carbocycles. The standard InChI is InChI=1S/C14H18ClNO3/c1-18-9-10(17)6-7-16-8-12-11-4-2-3-5-13(11)19-14(12)15/h2-5,10,16-17H,6-9H2,1H3. The van der Waals surface area contributed by atoms with Crippen LogP contribution in [-0.4, -0.2) is 31.5 Å². The lowest BCUT2D eigenvalue weighted by molar-refractivity contribution is 0.0594. The van der Waals surface area contributed by atoms with Crippen molar-refractivity contribution < 1.29 is 14.3 Å². The first kappa shape index (κ1) is 14.3. The third-order valence-corrected chi connectivity index (χ3v) is 3.27. The number of methoxy groups -OCH3 is 1. The van der Waals surface area contributed by atoms with E-state index in [0.717, 1.165) is 16.5 Å². The van der Waals surface area contributed by atoms with Crippen LogP contribution in [0.5, 0.6) is 0 Å². The average molecular weight is 284 g/mol. The number of ether oxygens (including phenoxy) is 1. The van der Waals surface area contributed by atoms with E-state index in [1.165, 1.54) is 0 Å². The molecule has 2 rings (SSSR count). The third kappa shape index (κ3) is 3.70. The molecule has 0 aliphatic heterocycles. The van der Waals surface area contributed by atoms with Crippen molar-refractivity contribution >= 4 is 22.6 Å². The van der Waals surface area contributed by atoms with Crippen LogP contribution in [0.25, 0.3) is 11.0 Å². The highest BCUT2D eigenvalue weighted by molar-refractivity contribution is 6.30. The predicted molar refractivity (Wildman–Crippen MR) is 75.4 cm³/mol. The van der Waals surface area contributed by atoms with Crippen molar-refractivity contribution in [1.29, 1.82) is 0 Å². The molecule has 1 unspecified atom stereocenters. The van der Waals surface area contributed by atoms with Crippen LogP contribution >= 0.6 is 11.6 Å². The maximum atomic E-state index is 9.52. The lowest BCUT2D eigenvalue weighted by atomic mass is 10.2. The van der Waals surface area contributed by atoms with Crippen molar-refractivity contribution in [1.82, 2.24) is 5.32 Å².